The fourth-order valence-electron chi connectivity index (χ4n) is 4.45. The third kappa shape index (κ3) is 7.23. The standard InChI is InChI=1S/C33H32Cl2N2O3/c1-3-21(2)20-36-31-28(18-25(34)19-29(31)35)32(38)37-30(33(39)40)17-22-13-15-24(16-14-22)27-12-8-7-11-26(27)23-9-5-4-6-10-23/h4-16,18-19,21,30,36H,3,17,20H2,1-2H3,(H,37,38)(H,39,40)/t21?,30-/m0/s1. The van der Waals surface area contributed by atoms with Crippen molar-refractivity contribution in [2.45, 2.75) is 32.7 Å². The molecule has 0 aromatic heterocycles. The maximum atomic E-state index is 13.3. The van der Waals surface area contributed by atoms with Gasteiger partial charge in [0.15, 0.2) is 0 Å². The molecule has 0 spiro atoms. The van der Waals surface area contributed by atoms with Crippen molar-refractivity contribution in [1.82, 2.24) is 5.32 Å². The van der Waals surface area contributed by atoms with Crippen LogP contribution in [0.5, 0.6) is 0 Å². The molecule has 0 heterocycles. The summed E-state index contributed by atoms with van der Waals surface area (Å²) in [5, 5.41) is 16.4. The molecule has 3 N–H and O–H groups in total. The summed E-state index contributed by atoms with van der Waals surface area (Å²) in [6.07, 6.45) is 1.07. The largest absolute Gasteiger partial charge is 0.480 e. The van der Waals surface area contributed by atoms with Gasteiger partial charge in [0.05, 0.1) is 16.3 Å². The van der Waals surface area contributed by atoms with Crippen LogP contribution < -0.4 is 10.6 Å². The van der Waals surface area contributed by atoms with Gasteiger partial charge in [-0.3, -0.25) is 4.79 Å². The number of halogens is 2. The summed E-state index contributed by atoms with van der Waals surface area (Å²) in [6.45, 7) is 4.78. The lowest BCUT2D eigenvalue weighted by Crippen LogP contribution is -2.42. The molecule has 206 valence electrons. The minimum atomic E-state index is -1.14. The molecule has 1 amide bonds. The van der Waals surface area contributed by atoms with E-state index in [4.69, 9.17) is 23.2 Å². The van der Waals surface area contributed by atoms with E-state index in [-0.39, 0.29) is 12.0 Å². The summed E-state index contributed by atoms with van der Waals surface area (Å²) in [4.78, 5) is 25.4. The maximum Gasteiger partial charge on any atom is 0.326 e. The second-order valence-corrected chi connectivity index (χ2v) is 10.7. The second-order valence-electron chi connectivity index (χ2n) is 9.88. The summed E-state index contributed by atoms with van der Waals surface area (Å²) < 4.78 is 0. The Morgan fingerprint density at radius 3 is 2.05 bits per heavy atom. The average Bonchev–Trinajstić information content (AvgIpc) is 2.96. The van der Waals surface area contributed by atoms with Gasteiger partial charge < -0.3 is 15.7 Å². The normalized spacial score (nSPS) is 12.4. The van der Waals surface area contributed by atoms with Crippen LogP contribution in [0.1, 0.15) is 36.2 Å². The molecule has 2 atom stereocenters. The molecule has 4 rings (SSSR count). The molecular weight excluding hydrogens is 543 g/mol. The van der Waals surface area contributed by atoms with Crippen molar-refractivity contribution >= 4 is 40.8 Å². The number of carbonyl (C=O) groups is 2. The van der Waals surface area contributed by atoms with E-state index in [0.717, 1.165) is 34.2 Å². The molecule has 40 heavy (non-hydrogen) atoms. The molecule has 0 aliphatic heterocycles. The quantitative estimate of drug-likeness (QED) is 0.168. The van der Waals surface area contributed by atoms with Gasteiger partial charge in [0.25, 0.3) is 5.91 Å². The van der Waals surface area contributed by atoms with Gasteiger partial charge in [-0.05, 0) is 45.9 Å². The zero-order chi connectivity index (χ0) is 28.6. The Labute approximate surface area is 245 Å². The highest BCUT2D eigenvalue weighted by molar-refractivity contribution is 6.37. The molecule has 0 bridgehead atoms. The van der Waals surface area contributed by atoms with Gasteiger partial charge in [-0.25, -0.2) is 4.79 Å². The molecular formula is C33H32Cl2N2O3. The first-order chi connectivity index (χ1) is 19.3. The minimum Gasteiger partial charge on any atom is -0.480 e. The van der Waals surface area contributed by atoms with Crippen molar-refractivity contribution in [2.75, 3.05) is 11.9 Å². The number of carbonyl (C=O) groups excluding carboxylic acids is 1. The number of carboxylic acid groups (broad SMARTS) is 1. The average molecular weight is 576 g/mol. The number of anilines is 1. The molecule has 4 aromatic rings. The first-order valence-corrected chi connectivity index (χ1v) is 14.0. The van der Waals surface area contributed by atoms with Gasteiger partial charge in [-0.2, -0.15) is 0 Å². The molecule has 0 radical (unpaired) electrons. The van der Waals surface area contributed by atoms with Gasteiger partial charge >= 0.3 is 5.97 Å². The van der Waals surface area contributed by atoms with Crippen molar-refractivity contribution in [3.8, 4) is 22.3 Å². The third-order valence-electron chi connectivity index (χ3n) is 6.94. The van der Waals surface area contributed by atoms with Crippen LogP contribution in [0.2, 0.25) is 10.0 Å². The lowest BCUT2D eigenvalue weighted by molar-refractivity contribution is -0.139. The molecule has 0 saturated heterocycles. The zero-order valence-electron chi connectivity index (χ0n) is 22.5. The Hall–Kier alpha value is -3.80. The van der Waals surface area contributed by atoms with Gasteiger partial charge in [0.1, 0.15) is 6.04 Å². The summed E-state index contributed by atoms with van der Waals surface area (Å²) in [6, 6.07) is 28.0. The van der Waals surface area contributed by atoms with Crippen LogP contribution in [-0.2, 0) is 11.2 Å². The Bertz CT molecular complexity index is 1470. The Kier molecular flexibility index (Phi) is 9.86. The zero-order valence-corrected chi connectivity index (χ0v) is 24.0. The summed E-state index contributed by atoms with van der Waals surface area (Å²) in [5.41, 5.74) is 5.77. The summed E-state index contributed by atoms with van der Waals surface area (Å²) >= 11 is 12.6. The van der Waals surface area contributed by atoms with Crippen molar-refractivity contribution in [1.29, 1.82) is 0 Å². The molecule has 0 aliphatic rings. The monoisotopic (exact) mass is 574 g/mol. The highest BCUT2D eigenvalue weighted by Gasteiger charge is 2.24. The van der Waals surface area contributed by atoms with Crippen LogP contribution in [0.25, 0.3) is 22.3 Å². The van der Waals surface area contributed by atoms with Crippen molar-refractivity contribution in [2.24, 2.45) is 5.92 Å². The van der Waals surface area contributed by atoms with Gasteiger partial charge in [-0.15, -0.1) is 0 Å². The first kappa shape index (κ1) is 29.2. The number of aliphatic carboxylic acids is 1. The van der Waals surface area contributed by atoms with E-state index in [2.05, 4.69) is 48.7 Å². The topological polar surface area (TPSA) is 78.4 Å². The highest BCUT2D eigenvalue weighted by atomic mass is 35.5. The molecule has 4 aromatic carbocycles. The summed E-state index contributed by atoms with van der Waals surface area (Å²) in [5.74, 6) is -1.33. The van der Waals surface area contributed by atoms with Crippen LogP contribution in [0, 0.1) is 5.92 Å². The van der Waals surface area contributed by atoms with E-state index in [9.17, 15) is 14.7 Å². The van der Waals surface area contributed by atoms with Crippen LogP contribution in [0.4, 0.5) is 5.69 Å². The van der Waals surface area contributed by atoms with E-state index >= 15 is 0 Å². The summed E-state index contributed by atoms with van der Waals surface area (Å²) in [7, 11) is 0. The van der Waals surface area contributed by atoms with Crippen molar-refractivity contribution < 1.29 is 14.7 Å². The van der Waals surface area contributed by atoms with E-state index < -0.39 is 17.9 Å². The molecule has 0 saturated carbocycles. The number of carboxylic acids is 1. The van der Waals surface area contributed by atoms with Gasteiger partial charge in [0, 0.05) is 18.0 Å². The highest BCUT2D eigenvalue weighted by Crippen LogP contribution is 2.33. The lowest BCUT2D eigenvalue weighted by atomic mass is 9.93. The fourth-order valence-corrected chi connectivity index (χ4v) is 5.01. The fraction of sp³-hybridized carbons (Fsp3) is 0.212. The predicted molar refractivity (Wildman–Crippen MR) is 164 cm³/mol. The molecule has 0 fully saturated rings. The van der Waals surface area contributed by atoms with Crippen LogP contribution in [0.15, 0.2) is 91.0 Å². The van der Waals surface area contributed by atoms with E-state index in [0.29, 0.717) is 28.2 Å². The van der Waals surface area contributed by atoms with Crippen molar-refractivity contribution in [3.63, 3.8) is 0 Å². The SMILES string of the molecule is CCC(C)CNc1c(Cl)cc(Cl)cc1C(=O)N[C@@H](Cc1ccc(-c2ccccc2-c2ccccc2)cc1)C(=O)O. The van der Waals surface area contributed by atoms with Gasteiger partial charge in [0.2, 0.25) is 0 Å². The predicted octanol–water partition coefficient (Wildman–Crippen LogP) is 8.21. The van der Waals surface area contributed by atoms with E-state index in [1.165, 1.54) is 6.07 Å². The first-order valence-electron chi connectivity index (χ1n) is 13.3. The minimum absolute atomic E-state index is 0.117. The Morgan fingerprint density at radius 2 is 1.45 bits per heavy atom. The molecule has 7 heteroatoms. The number of amides is 1. The molecule has 0 aliphatic carbocycles. The van der Waals surface area contributed by atoms with Crippen molar-refractivity contribution in [3.05, 3.63) is 112 Å². The van der Waals surface area contributed by atoms with Crippen LogP contribution in [-0.4, -0.2) is 29.6 Å². The Morgan fingerprint density at radius 1 is 0.850 bits per heavy atom. The molecule has 1 unspecified atom stereocenters. The van der Waals surface area contributed by atoms with Crippen LogP contribution in [0.3, 0.4) is 0 Å². The van der Waals surface area contributed by atoms with E-state index in [1.807, 2.05) is 54.6 Å². The maximum absolute atomic E-state index is 13.3. The number of nitrogens with one attached hydrogen (secondary N) is 2. The lowest BCUT2D eigenvalue weighted by Gasteiger charge is -2.19. The van der Waals surface area contributed by atoms with E-state index in [1.54, 1.807) is 6.07 Å². The molecule has 5 nitrogen and oxygen atoms in total. The second kappa shape index (κ2) is 13.5. The number of hydrogen-bond acceptors (Lipinski definition) is 3. The van der Waals surface area contributed by atoms with Gasteiger partial charge in [-0.1, -0.05) is 122 Å². The smallest absolute Gasteiger partial charge is 0.326 e. The van der Waals surface area contributed by atoms with Crippen LogP contribution >= 0.6 is 23.2 Å². The Balaban J connectivity index is 1.53. The number of benzene rings is 4. The third-order valence-corrected chi connectivity index (χ3v) is 7.46. The number of hydrogen-bond donors (Lipinski definition) is 3. The number of rotatable bonds is 11.